The topological polar surface area (TPSA) is 72.5 Å². The van der Waals surface area contributed by atoms with Crippen LogP contribution in [0.25, 0.3) is 16.8 Å². The fraction of sp³-hybridized carbons (Fsp3) is 0.0769. The number of nitrogens with two attached hydrogens (primary N) is 1. The Kier molecular flexibility index (Phi) is 2.87. The van der Waals surface area contributed by atoms with Crippen LogP contribution in [-0.2, 0) is 0 Å². The molecule has 2 heterocycles. The van der Waals surface area contributed by atoms with E-state index in [0.29, 0.717) is 5.82 Å². The molecule has 0 aliphatic carbocycles. The quantitative estimate of drug-likeness (QED) is 0.763. The first-order valence-electron chi connectivity index (χ1n) is 5.76. The highest BCUT2D eigenvalue weighted by Crippen LogP contribution is 2.30. The van der Waals surface area contributed by atoms with Gasteiger partial charge >= 0.3 is 0 Å². The zero-order valence-corrected chi connectivity index (χ0v) is 11.8. The van der Waals surface area contributed by atoms with Gasteiger partial charge in [0.15, 0.2) is 0 Å². The molecular formula is C13H12BrN5. The number of nitrogens with one attached hydrogen (secondary N) is 1. The van der Waals surface area contributed by atoms with Gasteiger partial charge in [0.25, 0.3) is 0 Å². The molecule has 0 saturated carbocycles. The van der Waals surface area contributed by atoms with Crippen LogP contribution in [0.3, 0.4) is 0 Å². The number of benzene rings is 1. The van der Waals surface area contributed by atoms with E-state index in [4.69, 9.17) is 5.73 Å². The summed E-state index contributed by atoms with van der Waals surface area (Å²) in [5.74, 6) is 1.51. The van der Waals surface area contributed by atoms with Crippen molar-refractivity contribution in [1.82, 2.24) is 19.7 Å². The Labute approximate surface area is 118 Å². The van der Waals surface area contributed by atoms with Gasteiger partial charge < -0.3 is 10.3 Å². The Hall–Kier alpha value is -2.08. The van der Waals surface area contributed by atoms with Crippen molar-refractivity contribution in [3.8, 4) is 16.8 Å². The van der Waals surface area contributed by atoms with E-state index in [1.165, 1.54) is 0 Å². The molecule has 96 valence electrons. The van der Waals surface area contributed by atoms with E-state index < -0.39 is 0 Å². The largest absolute Gasteiger partial charge is 0.384 e. The van der Waals surface area contributed by atoms with Crippen molar-refractivity contribution in [2.24, 2.45) is 0 Å². The standard InChI is InChI=1S/C13H12BrN5/c1-8-16-4-5-19(8)12-3-2-9(6-11(12)14)10-7-17-18-13(10)15/h2-7H,1H3,(H3,15,17,18). The molecule has 19 heavy (non-hydrogen) atoms. The first-order chi connectivity index (χ1) is 9.16. The average molecular weight is 318 g/mol. The minimum Gasteiger partial charge on any atom is -0.384 e. The molecule has 3 aromatic rings. The normalized spacial score (nSPS) is 10.8. The summed E-state index contributed by atoms with van der Waals surface area (Å²) in [7, 11) is 0. The molecule has 0 unspecified atom stereocenters. The highest BCUT2D eigenvalue weighted by atomic mass is 79.9. The predicted molar refractivity (Wildman–Crippen MR) is 78.0 cm³/mol. The Morgan fingerprint density at radius 2 is 2.21 bits per heavy atom. The summed E-state index contributed by atoms with van der Waals surface area (Å²) in [4.78, 5) is 4.23. The highest BCUT2D eigenvalue weighted by molar-refractivity contribution is 9.10. The number of halogens is 1. The van der Waals surface area contributed by atoms with Crippen LogP contribution in [0, 0.1) is 6.92 Å². The van der Waals surface area contributed by atoms with Crippen LogP contribution in [0.2, 0.25) is 0 Å². The van der Waals surface area contributed by atoms with Gasteiger partial charge in [-0.2, -0.15) is 5.10 Å². The second-order valence-electron chi connectivity index (χ2n) is 4.21. The lowest BCUT2D eigenvalue weighted by atomic mass is 10.1. The predicted octanol–water partition coefficient (Wildman–Crippen LogP) is 2.92. The molecule has 0 spiro atoms. The maximum Gasteiger partial charge on any atom is 0.126 e. The van der Waals surface area contributed by atoms with Crippen molar-refractivity contribution in [2.45, 2.75) is 6.92 Å². The molecule has 0 amide bonds. The molecule has 0 saturated heterocycles. The van der Waals surface area contributed by atoms with E-state index in [0.717, 1.165) is 27.1 Å². The van der Waals surface area contributed by atoms with E-state index in [-0.39, 0.29) is 0 Å². The Bertz CT molecular complexity index is 728. The minimum atomic E-state index is 0.568. The van der Waals surface area contributed by atoms with Crippen LogP contribution in [0.5, 0.6) is 0 Å². The molecule has 3 rings (SSSR count). The third-order valence-corrected chi connectivity index (χ3v) is 3.65. The lowest BCUT2D eigenvalue weighted by molar-refractivity contribution is 0.970. The summed E-state index contributed by atoms with van der Waals surface area (Å²) in [6, 6.07) is 6.07. The fourth-order valence-electron chi connectivity index (χ4n) is 2.03. The van der Waals surface area contributed by atoms with Crippen LogP contribution in [0.15, 0.2) is 41.3 Å². The van der Waals surface area contributed by atoms with Gasteiger partial charge in [-0.05, 0) is 40.5 Å². The zero-order valence-electron chi connectivity index (χ0n) is 10.3. The van der Waals surface area contributed by atoms with Gasteiger partial charge in [0.1, 0.15) is 11.6 Å². The number of nitrogens with zero attached hydrogens (tertiary/aromatic N) is 3. The molecule has 0 radical (unpaired) electrons. The number of nitrogen functional groups attached to an aromatic ring is 1. The number of aromatic nitrogens is 4. The van der Waals surface area contributed by atoms with E-state index in [1.54, 1.807) is 12.4 Å². The molecule has 3 N–H and O–H groups in total. The number of anilines is 1. The van der Waals surface area contributed by atoms with Gasteiger partial charge in [-0.25, -0.2) is 4.98 Å². The summed E-state index contributed by atoms with van der Waals surface area (Å²) >= 11 is 3.59. The molecule has 0 bridgehead atoms. The minimum absolute atomic E-state index is 0.568. The summed E-state index contributed by atoms with van der Waals surface area (Å²) in [5.41, 5.74) is 8.78. The summed E-state index contributed by atoms with van der Waals surface area (Å²) in [6.45, 7) is 1.97. The SMILES string of the molecule is Cc1nccn1-c1ccc(-c2cn[nH]c2N)cc1Br. The van der Waals surface area contributed by atoms with Crippen LogP contribution in [0.1, 0.15) is 5.82 Å². The molecule has 2 aromatic heterocycles. The van der Waals surface area contributed by atoms with E-state index in [1.807, 2.05) is 35.9 Å². The third kappa shape index (κ3) is 2.04. The van der Waals surface area contributed by atoms with Gasteiger partial charge in [-0.1, -0.05) is 6.07 Å². The molecular weight excluding hydrogens is 306 g/mol. The lowest BCUT2D eigenvalue weighted by Crippen LogP contribution is -1.97. The lowest BCUT2D eigenvalue weighted by Gasteiger charge is -2.09. The Balaban J connectivity index is 2.09. The van der Waals surface area contributed by atoms with Gasteiger partial charge in [0.2, 0.25) is 0 Å². The zero-order chi connectivity index (χ0) is 13.4. The summed E-state index contributed by atoms with van der Waals surface area (Å²) in [5, 5.41) is 6.67. The van der Waals surface area contributed by atoms with E-state index in [9.17, 15) is 0 Å². The van der Waals surface area contributed by atoms with Crippen molar-refractivity contribution in [1.29, 1.82) is 0 Å². The summed E-state index contributed by atoms with van der Waals surface area (Å²) < 4.78 is 3.00. The van der Waals surface area contributed by atoms with E-state index in [2.05, 4.69) is 31.1 Å². The maximum absolute atomic E-state index is 5.83. The summed E-state index contributed by atoms with van der Waals surface area (Å²) in [6.07, 6.45) is 5.43. The number of H-pyrrole nitrogens is 1. The monoisotopic (exact) mass is 317 g/mol. The number of hydrogen-bond donors (Lipinski definition) is 2. The number of rotatable bonds is 2. The number of imidazole rings is 1. The molecule has 6 heteroatoms. The Morgan fingerprint density at radius 1 is 1.37 bits per heavy atom. The smallest absolute Gasteiger partial charge is 0.126 e. The molecule has 0 aliphatic heterocycles. The molecule has 0 fully saturated rings. The second-order valence-corrected chi connectivity index (χ2v) is 5.06. The highest BCUT2D eigenvalue weighted by Gasteiger charge is 2.09. The number of hydrogen-bond acceptors (Lipinski definition) is 3. The van der Waals surface area contributed by atoms with Crippen molar-refractivity contribution >= 4 is 21.7 Å². The van der Waals surface area contributed by atoms with Crippen LogP contribution >= 0.6 is 15.9 Å². The molecule has 0 aliphatic rings. The van der Waals surface area contributed by atoms with E-state index >= 15 is 0 Å². The van der Waals surface area contributed by atoms with Gasteiger partial charge in [-0.15, -0.1) is 0 Å². The van der Waals surface area contributed by atoms with Crippen molar-refractivity contribution in [3.05, 3.63) is 47.1 Å². The maximum atomic E-state index is 5.83. The van der Waals surface area contributed by atoms with Gasteiger partial charge in [0, 0.05) is 22.4 Å². The van der Waals surface area contributed by atoms with Gasteiger partial charge in [0.05, 0.1) is 11.9 Å². The van der Waals surface area contributed by atoms with Crippen LogP contribution in [-0.4, -0.2) is 19.7 Å². The molecule has 5 nitrogen and oxygen atoms in total. The van der Waals surface area contributed by atoms with Crippen molar-refractivity contribution in [3.63, 3.8) is 0 Å². The van der Waals surface area contributed by atoms with Crippen LogP contribution < -0.4 is 5.73 Å². The molecule has 0 atom stereocenters. The second kappa shape index (κ2) is 4.55. The van der Waals surface area contributed by atoms with Crippen molar-refractivity contribution in [2.75, 3.05) is 5.73 Å². The van der Waals surface area contributed by atoms with Gasteiger partial charge in [-0.3, -0.25) is 5.10 Å². The number of aryl methyl sites for hydroxylation is 1. The van der Waals surface area contributed by atoms with Crippen LogP contribution in [0.4, 0.5) is 5.82 Å². The number of aromatic amines is 1. The van der Waals surface area contributed by atoms with Crippen molar-refractivity contribution < 1.29 is 0 Å². The molecule has 1 aromatic carbocycles. The first-order valence-corrected chi connectivity index (χ1v) is 6.55. The average Bonchev–Trinajstić information content (AvgIpc) is 2.98. The first kappa shape index (κ1) is 12.0. The Morgan fingerprint density at radius 3 is 2.79 bits per heavy atom. The fourth-order valence-corrected chi connectivity index (χ4v) is 2.60. The third-order valence-electron chi connectivity index (χ3n) is 3.01.